The Hall–Kier alpha value is -3.53. The Morgan fingerprint density at radius 3 is 2.59 bits per heavy atom. The van der Waals surface area contributed by atoms with Gasteiger partial charge in [0, 0.05) is 16.8 Å². The zero-order valence-electron chi connectivity index (χ0n) is 20.0. The summed E-state index contributed by atoms with van der Waals surface area (Å²) < 4.78 is 17.1. The number of carbonyl (C=O) groups is 2. The van der Waals surface area contributed by atoms with Crippen molar-refractivity contribution < 1.29 is 23.8 Å². The number of methoxy groups -OCH3 is 1. The second kappa shape index (κ2) is 12.1. The first-order valence-electron chi connectivity index (χ1n) is 11.2. The van der Waals surface area contributed by atoms with Gasteiger partial charge in [-0.15, -0.1) is 0 Å². The molecule has 10 heteroatoms. The number of anilines is 2. The number of ether oxygens (including phenoxy) is 3. The highest BCUT2D eigenvalue weighted by molar-refractivity contribution is 8.27. The van der Waals surface area contributed by atoms with Crippen LogP contribution >= 0.6 is 35.6 Å². The molecular weight excluding hydrogens is 532 g/mol. The number of halogens is 1. The minimum Gasteiger partial charge on any atom is -0.497 e. The molecule has 0 unspecified atom stereocenters. The van der Waals surface area contributed by atoms with Crippen molar-refractivity contribution >= 4 is 69.2 Å². The second-order valence-corrected chi connectivity index (χ2v) is 9.81. The molecule has 1 saturated heterocycles. The molecular formula is C27H23ClN2O5S2. The van der Waals surface area contributed by atoms with Crippen molar-refractivity contribution in [2.75, 3.05) is 30.5 Å². The minimum absolute atomic E-state index is 0.212. The summed E-state index contributed by atoms with van der Waals surface area (Å²) in [5.74, 6) is 0.959. The maximum absolute atomic E-state index is 13.1. The number of rotatable bonds is 9. The first-order chi connectivity index (χ1) is 17.9. The van der Waals surface area contributed by atoms with Gasteiger partial charge in [-0.2, -0.15) is 0 Å². The van der Waals surface area contributed by atoms with Gasteiger partial charge in [-0.1, -0.05) is 47.7 Å². The molecule has 0 aliphatic carbocycles. The van der Waals surface area contributed by atoms with Crippen molar-refractivity contribution in [1.82, 2.24) is 0 Å². The first-order valence-corrected chi connectivity index (χ1v) is 12.8. The zero-order chi connectivity index (χ0) is 26.4. The summed E-state index contributed by atoms with van der Waals surface area (Å²) in [6.07, 6.45) is 1.75. The summed E-state index contributed by atoms with van der Waals surface area (Å²) in [7, 11) is 1.56. The molecule has 4 rings (SSSR count). The molecule has 0 aromatic heterocycles. The molecule has 1 heterocycles. The lowest BCUT2D eigenvalue weighted by molar-refractivity contribution is -0.118. The Kier molecular flexibility index (Phi) is 8.70. The number of nitrogens with zero attached hydrogens (tertiary/aromatic N) is 1. The van der Waals surface area contributed by atoms with Crippen LogP contribution in [0.2, 0.25) is 5.02 Å². The largest absolute Gasteiger partial charge is 0.497 e. The average Bonchev–Trinajstić information content (AvgIpc) is 3.16. The summed E-state index contributed by atoms with van der Waals surface area (Å²) in [6, 6.07) is 19.2. The van der Waals surface area contributed by atoms with E-state index in [0.29, 0.717) is 49.5 Å². The van der Waals surface area contributed by atoms with Crippen LogP contribution in [0.4, 0.5) is 11.4 Å². The van der Waals surface area contributed by atoms with Crippen LogP contribution in [-0.2, 0) is 9.59 Å². The quantitative estimate of drug-likeness (QED) is 0.250. The monoisotopic (exact) mass is 554 g/mol. The molecule has 190 valence electrons. The Labute approximate surface area is 229 Å². The molecule has 3 aromatic rings. The Balaban J connectivity index is 1.46. The van der Waals surface area contributed by atoms with Crippen molar-refractivity contribution in [3.8, 4) is 17.2 Å². The number of benzene rings is 3. The van der Waals surface area contributed by atoms with Crippen LogP contribution in [0.5, 0.6) is 17.2 Å². The molecule has 0 saturated carbocycles. The van der Waals surface area contributed by atoms with E-state index in [0.717, 1.165) is 5.56 Å². The Bertz CT molecular complexity index is 1360. The fourth-order valence-corrected chi connectivity index (χ4v) is 4.90. The van der Waals surface area contributed by atoms with E-state index in [4.69, 9.17) is 38.0 Å². The number of hydrogen-bond acceptors (Lipinski definition) is 7. The molecule has 1 fully saturated rings. The third kappa shape index (κ3) is 6.62. The molecule has 1 aliphatic heterocycles. The van der Waals surface area contributed by atoms with E-state index >= 15 is 0 Å². The number of thioether (sulfide) groups is 1. The van der Waals surface area contributed by atoms with Gasteiger partial charge in [0.05, 0.1) is 24.3 Å². The molecule has 7 nitrogen and oxygen atoms in total. The van der Waals surface area contributed by atoms with Gasteiger partial charge in [-0.25, -0.2) is 0 Å². The second-order valence-electron chi connectivity index (χ2n) is 7.70. The summed E-state index contributed by atoms with van der Waals surface area (Å²) >= 11 is 12.6. The predicted octanol–water partition coefficient (Wildman–Crippen LogP) is 6.17. The van der Waals surface area contributed by atoms with E-state index in [1.807, 2.05) is 6.92 Å². The van der Waals surface area contributed by atoms with Gasteiger partial charge in [-0.05, 0) is 67.1 Å². The van der Waals surface area contributed by atoms with E-state index in [1.165, 1.54) is 16.7 Å². The van der Waals surface area contributed by atoms with Crippen LogP contribution in [0.15, 0.2) is 71.6 Å². The van der Waals surface area contributed by atoms with Crippen molar-refractivity contribution in [2.24, 2.45) is 0 Å². The van der Waals surface area contributed by atoms with Crippen molar-refractivity contribution in [1.29, 1.82) is 0 Å². The Morgan fingerprint density at radius 1 is 1.08 bits per heavy atom. The van der Waals surface area contributed by atoms with Crippen LogP contribution in [0.25, 0.3) is 6.08 Å². The van der Waals surface area contributed by atoms with E-state index in [2.05, 4.69) is 5.32 Å². The van der Waals surface area contributed by atoms with E-state index in [-0.39, 0.29) is 18.4 Å². The normalized spacial score (nSPS) is 14.1. The third-order valence-electron chi connectivity index (χ3n) is 5.16. The van der Waals surface area contributed by atoms with E-state index < -0.39 is 0 Å². The highest BCUT2D eigenvalue weighted by atomic mass is 35.5. The summed E-state index contributed by atoms with van der Waals surface area (Å²) in [6.45, 7) is 2.04. The standard InChI is InChI=1S/C27H23ClN2O5S2/c1-3-34-23-13-17(14-24-26(32)30(27(36)37-24)20-10-8-18(28)9-11-20)7-12-22(23)35-16-25(31)29-19-5-4-6-21(15-19)33-2/h4-15H,3,16H2,1-2H3,(H,29,31)/b24-14-. The van der Waals surface area contributed by atoms with Crippen molar-refractivity contribution in [2.45, 2.75) is 6.92 Å². The molecule has 2 amide bonds. The van der Waals surface area contributed by atoms with Gasteiger partial charge >= 0.3 is 0 Å². The summed E-state index contributed by atoms with van der Waals surface area (Å²) in [5.41, 5.74) is 1.98. The number of amides is 2. The van der Waals surface area contributed by atoms with Crippen molar-refractivity contribution in [3.05, 3.63) is 82.2 Å². The molecule has 0 bridgehead atoms. The number of carbonyl (C=O) groups excluding carboxylic acids is 2. The molecule has 0 radical (unpaired) electrons. The average molecular weight is 555 g/mol. The number of hydrogen-bond donors (Lipinski definition) is 1. The third-order valence-corrected chi connectivity index (χ3v) is 6.71. The van der Waals surface area contributed by atoms with E-state index in [9.17, 15) is 9.59 Å². The maximum atomic E-state index is 13.1. The van der Waals surface area contributed by atoms with Crippen LogP contribution in [-0.4, -0.2) is 36.5 Å². The van der Waals surface area contributed by atoms with Gasteiger partial charge in [-0.3, -0.25) is 14.5 Å². The highest BCUT2D eigenvalue weighted by Crippen LogP contribution is 2.37. The van der Waals surface area contributed by atoms with E-state index in [1.54, 1.807) is 79.9 Å². The topological polar surface area (TPSA) is 77.1 Å². The summed E-state index contributed by atoms with van der Waals surface area (Å²) in [5, 5.41) is 3.35. The van der Waals surface area contributed by atoms with Gasteiger partial charge < -0.3 is 19.5 Å². The van der Waals surface area contributed by atoms with Crippen molar-refractivity contribution in [3.63, 3.8) is 0 Å². The molecule has 37 heavy (non-hydrogen) atoms. The summed E-state index contributed by atoms with van der Waals surface area (Å²) in [4.78, 5) is 27.4. The number of thiocarbonyl (C=S) groups is 1. The first kappa shape index (κ1) is 26.5. The fourth-order valence-electron chi connectivity index (χ4n) is 3.48. The molecule has 0 atom stereocenters. The predicted molar refractivity (Wildman–Crippen MR) is 152 cm³/mol. The fraction of sp³-hybridized carbons (Fsp3) is 0.148. The maximum Gasteiger partial charge on any atom is 0.270 e. The lowest BCUT2D eigenvalue weighted by Gasteiger charge is -2.14. The highest BCUT2D eigenvalue weighted by Gasteiger charge is 2.33. The van der Waals surface area contributed by atoms with Crippen LogP contribution < -0.4 is 24.4 Å². The number of nitrogens with one attached hydrogen (secondary N) is 1. The van der Waals surface area contributed by atoms with Gasteiger partial charge in [0.1, 0.15) is 5.75 Å². The van der Waals surface area contributed by atoms with Gasteiger partial charge in [0.2, 0.25) is 0 Å². The zero-order valence-corrected chi connectivity index (χ0v) is 22.4. The SMILES string of the molecule is CCOc1cc(/C=C2\SC(=S)N(c3ccc(Cl)cc3)C2=O)ccc1OCC(=O)Nc1cccc(OC)c1. The minimum atomic E-state index is -0.328. The van der Waals surface area contributed by atoms with Crippen LogP contribution in [0.1, 0.15) is 12.5 Å². The Morgan fingerprint density at radius 2 is 1.86 bits per heavy atom. The lowest BCUT2D eigenvalue weighted by atomic mass is 10.1. The van der Waals surface area contributed by atoms with Gasteiger partial charge in [0.25, 0.3) is 11.8 Å². The molecule has 1 aliphatic rings. The smallest absolute Gasteiger partial charge is 0.270 e. The molecule has 0 spiro atoms. The molecule has 1 N–H and O–H groups in total. The molecule has 3 aromatic carbocycles. The van der Waals surface area contributed by atoms with Crippen LogP contribution in [0, 0.1) is 0 Å². The lowest BCUT2D eigenvalue weighted by Crippen LogP contribution is -2.27. The van der Waals surface area contributed by atoms with Gasteiger partial charge in [0.15, 0.2) is 22.4 Å². The van der Waals surface area contributed by atoms with Crippen LogP contribution in [0.3, 0.4) is 0 Å².